The van der Waals surface area contributed by atoms with Crippen LogP contribution in [0.4, 0.5) is 11.4 Å². The fraction of sp³-hybridized carbons (Fsp3) is 0.167. The minimum Gasteiger partial charge on any atom is -0.377 e. The zero-order valence-electron chi connectivity index (χ0n) is 9.89. The molecular weight excluding hydrogens is 352 g/mol. The average Bonchev–Trinajstić information content (AvgIpc) is 2.78. The Morgan fingerprint density at radius 2 is 2.16 bits per heavy atom. The number of thiophene rings is 1. The van der Waals surface area contributed by atoms with Gasteiger partial charge in [0.2, 0.25) is 0 Å². The Morgan fingerprint density at radius 3 is 2.74 bits per heavy atom. The lowest BCUT2D eigenvalue weighted by Gasteiger charge is -2.13. The third-order valence-electron chi connectivity index (χ3n) is 2.55. The molecule has 100 valence electrons. The van der Waals surface area contributed by atoms with Crippen LogP contribution in [0.5, 0.6) is 0 Å². The Bertz CT molecular complexity index is 618. The summed E-state index contributed by atoms with van der Waals surface area (Å²) in [6, 6.07) is 8.76. The van der Waals surface area contributed by atoms with Gasteiger partial charge in [-0.1, -0.05) is 11.6 Å². The number of halogens is 2. The van der Waals surface area contributed by atoms with Crippen molar-refractivity contribution in [2.24, 2.45) is 0 Å². The molecule has 1 heterocycles. The largest absolute Gasteiger partial charge is 0.377 e. The molecule has 0 fully saturated rings. The van der Waals surface area contributed by atoms with E-state index in [0.29, 0.717) is 5.69 Å². The third-order valence-corrected chi connectivity index (χ3v) is 4.67. The molecule has 0 aliphatic rings. The van der Waals surface area contributed by atoms with Crippen molar-refractivity contribution in [2.45, 2.75) is 13.0 Å². The molecule has 0 aliphatic carbocycles. The Kier molecular flexibility index (Phi) is 4.44. The van der Waals surface area contributed by atoms with Crippen molar-refractivity contribution in [3.8, 4) is 0 Å². The number of nitro groups is 1. The number of rotatable bonds is 4. The summed E-state index contributed by atoms with van der Waals surface area (Å²) in [5, 5.41) is 14.2. The van der Waals surface area contributed by atoms with Gasteiger partial charge in [-0.25, -0.2) is 0 Å². The fourth-order valence-electron chi connectivity index (χ4n) is 1.62. The molecule has 2 aromatic rings. The highest BCUT2D eigenvalue weighted by Gasteiger charge is 2.14. The van der Waals surface area contributed by atoms with Crippen LogP contribution < -0.4 is 5.32 Å². The first-order valence-corrected chi connectivity index (χ1v) is 7.42. The number of hydrogen-bond acceptors (Lipinski definition) is 4. The lowest BCUT2D eigenvalue weighted by atomic mass is 10.2. The van der Waals surface area contributed by atoms with Crippen LogP contribution in [-0.2, 0) is 0 Å². The lowest BCUT2D eigenvalue weighted by Crippen LogP contribution is -2.05. The van der Waals surface area contributed by atoms with Gasteiger partial charge in [0.15, 0.2) is 0 Å². The highest BCUT2D eigenvalue weighted by Crippen LogP contribution is 2.32. The lowest BCUT2D eigenvalue weighted by molar-refractivity contribution is -0.384. The van der Waals surface area contributed by atoms with Crippen LogP contribution in [0.2, 0.25) is 5.02 Å². The molecule has 4 nitrogen and oxygen atoms in total. The smallest absolute Gasteiger partial charge is 0.289 e. The maximum absolute atomic E-state index is 10.8. The van der Waals surface area contributed by atoms with E-state index < -0.39 is 4.92 Å². The van der Waals surface area contributed by atoms with Gasteiger partial charge in [0.25, 0.3) is 5.69 Å². The second kappa shape index (κ2) is 5.90. The molecule has 0 radical (unpaired) electrons. The quantitative estimate of drug-likeness (QED) is 0.598. The summed E-state index contributed by atoms with van der Waals surface area (Å²) >= 11 is 10.8. The minimum atomic E-state index is -0.486. The van der Waals surface area contributed by atoms with Gasteiger partial charge in [-0.3, -0.25) is 10.1 Å². The minimum absolute atomic E-state index is 0.0667. The van der Waals surface area contributed by atoms with Crippen molar-refractivity contribution in [2.75, 3.05) is 5.32 Å². The van der Waals surface area contributed by atoms with Crippen molar-refractivity contribution in [1.82, 2.24) is 0 Å². The molecular formula is C12H10BrClN2O2S. The van der Waals surface area contributed by atoms with Gasteiger partial charge in [0.1, 0.15) is 5.02 Å². The van der Waals surface area contributed by atoms with Gasteiger partial charge in [0.05, 0.1) is 14.8 Å². The van der Waals surface area contributed by atoms with Crippen LogP contribution in [0, 0.1) is 10.1 Å². The van der Waals surface area contributed by atoms with Gasteiger partial charge in [0, 0.05) is 16.6 Å². The highest BCUT2D eigenvalue weighted by molar-refractivity contribution is 9.11. The Hall–Kier alpha value is -1.11. The van der Waals surface area contributed by atoms with E-state index in [1.54, 1.807) is 17.4 Å². The number of hydrogen-bond donors (Lipinski definition) is 1. The van der Waals surface area contributed by atoms with Gasteiger partial charge < -0.3 is 5.32 Å². The van der Waals surface area contributed by atoms with E-state index in [2.05, 4.69) is 21.2 Å². The second-order valence-electron chi connectivity index (χ2n) is 3.93. The molecule has 0 amide bonds. The molecule has 19 heavy (non-hydrogen) atoms. The molecule has 0 bridgehead atoms. The van der Waals surface area contributed by atoms with Crippen LogP contribution in [-0.4, -0.2) is 4.92 Å². The van der Waals surface area contributed by atoms with Gasteiger partial charge in [-0.15, -0.1) is 11.3 Å². The Morgan fingerprint density at radius 1 is 1.42 bits per heavy atom. The molecule has 0 saturated carbocycles. The SMILES string of the molecule is CC(Nc1ccc(Cl)c([N+](=O)[O-])c1)c1ccc(Br)s1. The molecule has 7 heteroatoms. The van der Waals surface area contributed by atoms with E-state index in [0.717, 1.165) is 8.66 Å². The predicted molar refractivity (Wildman–Crippen MR) is 82.2 cm³/mol. The maximum atomic E-state index is 10.8. The third kappa shape index (κ3) is 3.46. The van der Waals surface area contributed by atoms with Crippen molar-refractivity contribution in [3.05, 3.63) is 54.1 Å². The van der Waals surface area contributed by atoms with E-state index in [4.69, 9.17) is 11.6 Å². The molecule has 0 spiro atoms. The average molecular weight is 362 g/mol. The molecule has 1 N–H and O–H groups in total. The van der Waals surface area contributed by atoms with E-state index in [1.807, 2.05) is 19.1 Å². The van der Waals surface area contributed by atoms with E-state index in [-0.39, 0.29) is 16.8 Å². The number of nitro benzene ring substituents is 1. The number of nitrogens with zero attached hydrogens (tertiary/aromatic N) is 1. The van der Waals surface area contributed by atoms with Crippen molar-refractivity contribution >= 4 is 50.2 Å². The number of benzene rings is 1. The monoisotopic (exact) mass is 360 g/mol. The summed E-state index contributed by atoms with van der Waals surface area (Å²) in [6.07, 6.45) is 0. The van der Waals surface area contributed by atoms with E-state index in [9.17, 15) is 10.1 Å². The van der Waals surface area contributed by atoms with E-state index >= 15 is 0 Å². The zero-order valence-corrected chi connectivity index (χ0v) is 13.1. The molecule has 0 aliphatic heterocycles. The van der Waals surface area contributed by atoms with Crippen molar-refractivity contribution in [3.63, 3.8) is 0 Å². The van der Waals surface area contributed by atoms with Crippen LogP contribution in [0.1, 0.15) is 17.8 Å². The van der Waals surface area contributed by atoms with Gasteiger partial charge in [-0.05, 0) is 47.1 Å². The van der Waals surface area contributed by atoms with Crippen molar-refractivity contribution < 1.29 is 4.92 Å². The molecule has 2 rings (SSSR count). The van der Waals surface area contributed by atoms with Crippen LogP contribution in [0.3, 0.4) is 0 Å². The van der Waals surface area contributed by atoms with Crippen LogP contribution >= 0.6 is 38.9 Å². The summed E-state index contributed by atoms with van der Waals surface area (Å²) in [6.45, 7) is 2.00. The van der Waals surface area contributed by atoms with Crippen LogP contribution in [0.15, 0.2) is 34.1 Å². The molecule has 1 unspecified atom stereocenters. The molecule has 0 saturated heterocycles. The summed E-state index contributed by atoms with van der Waals surface area (Å²) in [7, 11) is 0. The van der Waals surface area contributed by atoms with Gasteiger partial charge >= 0.3 is 0 Å². The van der Waals surface area contributed by atoms with Gasteiger partial charge in [-0.2, -0.15) is 0 Å². The summed E-state index contributed by atoms with van der Waals surface area (Å²) < 4.78 is 1.05. The van der Waals surface area contributed by atoms with Crippen molar-refractivity contribution in [1.29, 1.82) is 0 Å². The highest BCUT2D eigenvalue weighted by atomic mass is 79.9. The number of anilines is 1. The first-order valence-electron chi connectivity index (χ1n) is 5.43. The summed E-state index contributed by atoms with van der Waals surface area (Å²) in [5.41, 5.74) is 0.583. The summed E-state index contributed by atoms with van der Waals surface area (Å²) in [4.78, 5) is 11.5. The standard InChI is InChI=1S/C12H10BrClN2O2S/c1-7(11-4-5-12(13)19-11)15-8-2-3-9(14)10(6-8)16(17)18/h2-7,15H,1H3. The number of nitrogens with one attached hydrogen (secondary N) is 1. The zero-order chi connectivity index (χ0) is 14.0. The Balaban J connectivity index is 2.19. The molecule has 1 aromatic carbocycles. The van der Waals surface area contributed by atoms with Crippen LogP contribution in [0.25, 0.3) is 0 Å². The second-order valence-corrected chi connectivity index (χ2v) is 6.83. The van der Waals surface area contributed by atoms with E-state index in [1.165, 1.54) is 12.1 Å². The Labute approximate surface area is 127 Å². The fourth-order valence-corrected chi connectivity index (χ4v) is 3.24. The topological polar surface area (TPSA) is 55.2 Å². The summed E-state index contributed by atoms with van der Waals surface area (Å²) in [5.74, 6) is 0. The molecule has 1 atom stereocenters. The normalized spacial score (nSPS) is 12.2. The maximum Gasteiger partial charge on any atom is 0.289 e. The molecule has 1 aromatic heterocycles. The predicted octanol–water partition coefficient (Wildman–Crippen LogP) is 5.25. The first-order chi connectivity index (χ1) is 8.97. The first kappa shape index (κ1) is 14.3.